The van der Waals surface area contributed by atoms with Crippen LogP contribution in [0.4, 0.5) is 0 Å². The highest BCUT2D eigenvalue weighted by molar-refractivity contribution is 5.51. The molecule has 1 aromatic heterocycles. The van der Waals surface area contributed by atoms with Crippen molar-refractivity contribution in [3.8, 4) is 23.7 Å². The molecular formula is C30H32N2O2. The van der Waals surface area contributed by atoms with Crippen molar-refractivity contribution in [3.05, 3.63) is 103 Å². The fourth-order valence-corrected chi connectivity index (χ4v) is 3.48. The van der Waals surface area contributed by atoms with Crippen LogP contribution in [0.15, 0.2) is 58.1 Å². The maximum Gasteiger partial charge on any atom is 0.331 e. The third kappa shape index (κ3) is 5.41. The summed E-state index contributed by atoms with van der Waals surface area (Å²) in [7, 11) is 3.06. The van der Waals surface area contributed by atoms with Gasteiger partial charge in [0, 0.05) is 25.2 Å². The number of aromatic nitrogens is 2. The standard InChI is InChI=1S/C30H32N2O2/c1-29(2,3)23-15-9-21(10-16-23)13-19-25-26(31(7)28(34)32(8)27(25)33)20-14-22-11-17-24(18-12-22)30(4,5)6/h9-12,15-18H,1-8H3. The SMILES string of the molecule is Cn1c(C#Cc2ccc(C(C)(C)C)cc2)c(C#Cc2ccc(C(C)(C)C)cc2)c(=O)n(C)c1=O. The molecule has 0 saturated heterocycles. The average Bonchev–Trinajstić information content (AvgIpc) is 2.78. The monoisotopic (exact) mass is 452 g/mol. The van der Waals surface area contributed by atoms with Crippen LogP contribution in [0.2, 0.25) is 0 Å². The molecule has 3 rings (SSSR count). The second-order valence-corrected chi connectivity index (χ2v) is 10.6. The van der Waals surface area contributed by atoms with E-state index >= 15 is 0 Å². The lowest BCUT2D eigenvalue weighted by Crippen LogP contribution is -2.40. The number of rotatable bonds is 0. The van der Waals surface area contributed by atoms with Gasteiger partial charge in [-0.3, -0.25) is 13.9 Å². The van der Waals surface area contributed by atoms with Crippen molar-refractivity contribution >= 4 is 0 Å². The number of nitrogens with zero attached hydrogens (tertiary/aromatic N) is 2. The highest BCUT2D eigenvalue weighted by atomic mass is 16.2. The first-order valence-corrected chi connectivity index (χ1v) is 11.3. The zero-order valence-corrected chi connectivity index (χ0v) is 21.3. The average molecular weight is 453 g/mol. The molecule has 4 heteroatoms. The van der Waals surface area contributed by atoms with Gasteiger partial charge in [0.1, 0.15) is 11.3 Å². The molecule has 34 heavy (non-hydrogen) atoms. The fraction of sp³-hybridized carbons (Fsp3) is 0.333. The fourth-order valence-electron chi connectivity index (χ4n) is 3.48. The minimum atomic E-state index is -0.450. The normalized spacial score (nSPS) is 11.3. The molecule has 0 amide bonds. The van der Waals surface area contributed by atoms with Gasteiger partial charge in [-0.2, -0.15) is 0 Å². The molecule has 0 aliphatic rings. The number of hydrogen-bond donors (Lipinski definition) is 0. The number of benzene rings is 2. The summed E-state index contributed by atoms with van der Waals surface area (Å²) in [6.45, 7) is 12.9. The van der Waals surface area contributed by atoms with E-state index in [1.54, 1.807) is 7.05 Å². The molecule has 0 fully saturated rings. The van der Waals surface area contributed by atoms with E-state index in [2.05, 4.69) is 77.4 Å². The summed E-state index contributed by atoms with van der Waals surface area (Å²) in [5, 5.41) is 0. The van der Waals surface area contributed by atoms with Crippen molar-refractivity contribution in [2.45, 2.75) is 52.4 Å². The van der Waals surface area contributed by atoms with E-state index in [1.165, 1.54) is 22.7 Å². The highest BCUT2D eigenvalue weighted by Gasteiger charge is 2.15. The summed E-state index contributed by atoms with van der Waals surface area (Å²) < 4.78 is 2.45. The van der Waals surface area contributed by atoms with Gasteiger partial charge in [0.05, 0.1) is 0 Å². The summed E-state index contributed by atoms with van der Waals surface area (Å²) in [5.74, 6) is 12.2. The van der Waals surface area contributed by atoms with Crippen molar-refractivity contribution in [2.24, 2.45) is 14.1 Å². The second-order valence-electron chi connectivity index (χ2n) is 10.6. The Morgan fingerprint density at radius 3 is 1.41 bits per heavy atom. The predicted octanol–water partition coefficient (Wildman–Crippen LogP) is 4.48. The number of hydrogen-bond acceptors (Lipinski definition) is 2. The molecule has 0 spiro atoms. The van der Waals surface area contributed by atoms with Crippen LogP contribution in [0.3, 0.4) is 0 Å². The summed E-state index contributed by atoms with van der Waals surface area (Å²) in [5.41, 5.74) is 3.76. The van der Waals surface area contributed by atoms with E-state index in [0.29, 0.717) is 5.69 Å². The zero-order chi connectivity index (χ0) is 25.3. The topological polar surface area (TPSA) is 44.0 Å². The molecule has 0 bridgehead atoms. The molecule has 0 unspecified atom stereocenters. The molecule has 2 aromatic carbocycles. The molecule has 0 aliphatic carbocycles. The van der Waals surface area contributed by atoms with Gasteiger partial charge in [0.25, 0.3) is 5.56 Å². The Hall–Kier alpha value is -3.76. The van der Waals surface area contributed by atoms with E-state index in [1.807, 2.05) is 36.4 Å². The Labute approximate surface area is 202 Å². The van der Waals surface area contributed by atoms with Crippen LogP contribution < -0.4 is 11.2 Å². The first-order valence-electron chi connectivity index (χ1n) is 11.3. The van der Waals surface area contributed by atoms with Crippen molar-refractivity contribution in [3.63, 3.8) is 0 Å². The van der Waals surface area contributed by atoms with E-state index < -0.39 is 11.2 Å². The third-order valence-electron chi connectivity index (χ3n) is 5.82. The van der Waals surface area contributed by atoms with Crippen LogP contribution >= 0.6 is 0 Å². The van der Waals surface area contributed by atoms with Crippen LogP contribution in [0.1, 0.15) is 75.1 Å². The van der Waals surface area contributed by atoms with Gasteiger partial charge in [-0.1, -0.05) is 83.6 Å². The Morgan fingerprint density at radius 1 is 0.588 bits per heavy atom. The molecule has 3 aromatic rings. The summed E-state index contributed by atoms with van der Waals surface area (Å²) in [6, 6.07) is 16.0. The lowest BCUT2D eigenvalue weighted by atomic mass is 9.87. The van der Waals surface area contributed by atoms with Gasteiger partial charge in [-0.15, -0.1) is 0 Å². The molecule has 0 atom stereocenters. The Kier molecular flexibility index (Phi) is 6.76. The molecule has 0 aliphatic heterocycles. The lowest BCUT2D eigenvalue weighted by Gasteiger charge is -2.18. The molecule has 0 N–H and O–H groups in total. The minimum Gasteiger partial charge on any atom is -0.288 e. The van der Waals surface area contributed by atoms with Crippen LogP contribution in [0, 0.1) is 23.7 Å². The predicted molar refractivity (Wildman–Crippen MR) is 139 cm³/mol. The zero-order valence-electron chi connectivity index (χ0n) is 21.3. The third-order valence-corrected chi connectivity index (χ3v) is 5.82. The molecule has 1 heterocycles. The molecule has 4 nitrogen and oxygen atoms in total. The molecule has 174 valence electrons. The van der Waals surface area contributed by atoms with Crippen LogP contribution in [0.5, 0.6) is 0 Å². The quantitative estimate of drug-likeness (QED) is 0.472. The largest absolute Gasteiger partial charge is 0.331 e. The first-order chi connectivity index (χ1) is 15.8. The van der Waals surface area contributed by atoms with E-state index in [9.17, 15) is 9.59 Å². The van der Waals surface area contributed by atoms with Gasteiger partial charge >= 0.3 is 5.69 Å². The summed E-state index contributed by atoms with van der Waals surface area (Å²) in [6.07, 6.45) is 0. The van der Waals surface area contributed by atoms with Crippen molar-refractivity contribution in [2.75, 3.05) is 0 Å². The summed E-state index contributed by atoms with van der Waals surface area (Å²) >= 11 is 0. The summed E-state index contributed by atoms with van der Waals surface area (Å²) in [4.78, 5) is 25.5. The molecule has 0 saturated carbocycles. The molecule has 0 radical (unpaired) electrons. The Balaban J connectivity index is 2.08. The van der Waals surface area contributed by atoms with Gasteiger partial charge in [0.2, 0.25) is 0 Å². The van der Waals surface area contributed by atoms with Gasteiger partial charge in [-0.05, 0) is 52.1 Å². The van der Waals surface area contributed by atoms with Crippen LogP contribution in [-0.4, -0.2) is 9.13 Å². The van der Waals surface area contributed by atoms with E-state index in [4.69, 9.17) is 0 Å². The smallest absolute Gasteiger partial charge is 0.288 e. The van der Waals surface area contributed by atoms with E-state index in [-0.39, 0.29) is 16.4 Å². The second kappa shape index (κ2) is 9.24. The minimum absolute atomic E-state index is 0.0491. The van der Waals surface area contributed by atoms with Crippen molar-refractivity contribution in [1.82, 2.24) is 9.13 Å². The maximum atomic E-state index is 12.9. The van der Waals surface area contributed by atoms with Gasteiger partial charge < -0.3 is 0 Å². The van der Waals surface area contributed by atoms with Gasteiger partial charge in [-0.25, -0.2) is 4.79 Å². The van der Waals surface area contributed by atoms with Crippen molar-refractivity contribution in [1.29, 1.82) is 0 Å². The van der Waals surface area contributed by atoms with E-state index in [0.717, 1.165) is 15.7 Å². The Bertz CT molecular complexity index is 1450. The maximum absolute atomic E-state index is 12.9. The Morgan fingerprint density at radius 2 is 1.00 bits per heavy atom. The van der Waals surface area contributed by atoms with Crippen LogP contribution in [-0.2, 0) is 24.9 Å². The van der Waals surface area contributed by atoms with Crippen LogP contribution in [0.25, 0.3) is 0 Å². The molecular weight excluding hydrogens is 420 g/mol. The highest BCUT2D eigenvalue weighted by Crippen LogP contribution is 2.23. The first kappa shape index (κ1) is 24.9. The van der Waals surface area contributed by atoms with Gasteiger partial charge in [0.15, 0.2) is 0 Å². The lowest BCUT2D eigenvalue weighted by molar-refractivity contribution is 0.590. The van der Waals surface area contributed by atoms with Crippen molar-refractivity contribution < 1.29 is 0 Å².